The molecule has 0 saturated carbocycles. The van der Waals surface area contributed by atoms with E-state index < -0.39 is 24.0 Å². The number of aliphatic carboxylic acids is 2. The smallest absolute Gasteiger partial charge is 0.320 e. The molecule has 0 aromatic heterocycles. The van der Waals surface area contributed by atoms with Crippen LogP contribution in [0.1, 0.15) is 30.0 Å². The van der Waals surface area contributed by atoms with Gasteiger partial charge in [-0.15, -0.1) is 0 Å². The molecule has 0 spiro atoms. The first-order valence-electron chi connectivity index (χ1n) is 6.59. The van der Waals surface area contributed by atoms with Crippen molar-refractivity contribution >= 4 is 11.9 Å². The Morgan fingerprint density at radius 2 is 1.80 bits per heavy atom. The molecule has 20 heavy (non-hydrogen) atoms. The monoisotopic (exact) mass is 279 g/mol. The zero-order valence-corrected chi connectivity index (χ0v) is 12.0. The van der Waals surface area contributed by atoms with Gasteiger partial charge in [-0.3, -0.25) is 14.9 Å². The molecule has 1 aromatic rings. The van der Waals surface area contributed by atoms with Gasteiger partial charge in [0.1, 0.15) is 12.1 Å². The molecule has 0 amide bonds. The fourth-order valence-electron chi connectivity index (χ4n) is 1.92. The van der Waals surface area contributed by atoms with E-state index in [1.54, 1.807) is 0 Å². The molecule has 2 atom stereocenters. The van der Waals surface area contributed by atoms with Crippen LogP contribution in [0.25, 0.3) is 0 Å². The highest BCUT2D eigenvalue weighted by Crippen LogP contribution is 2.12. The van der Waals surface area contributed by atoms with E-state index >= 15 is 0 Å². The second kappa shape index (κ2) is 7.05. The first-order chi connectivity index (χ1) is 9.31. The second-order valence-electron chi connectivity index (χ2n) is 5.07. The third kappa shape index (κ3) is 4.66. The molecular formula is C15H21NO4. The van der Waals surface area contributed by atoms with Crippen LogP contribution in [0.2, 0.25) is 0 Å². The van der Waals surface area contributed by atoms with Crippen molar-refractivity contribution in [1.29, 1.82) is 0 Å². The summed E-state index contributed by atoms with van der Waals surface area (Å²) in [6.45, 7) is 5.47. The average molecular weight is 279 g/mol. The standard InChI is InChI=1S/C15H21NO4/c1-9-4-5-12(8-10(9)2)6-7-13(15(19)20)16-11(3)14(17)18/h4-5,8,11,13,16H,6-7H2,1-3H3,(H,17,18)(H,19,20)/t11-,13+/m1/s1. The summed E-state index contributed by atoms with van der Waals surface area (Å²) < 4.78 is 0. The van der Waals surface area contributed by atoms with Crippen molar-refractivity contribution < 1.29 is 19.8 Å². The van der Waals surface area contributed by atoms with Crippen LogP contribution < -0.4 is 5.32 Å². The molecule has 0 fully saturated rings. The predicted molar refractivity (Wildman–Crippen MR) is 75.9 cm³/mol. The molecule has 0 aliphatic heterocycles. The van der Waals surface area contributed by atoms with E-state index in [1.807, 2.05) is 32.0 Å². The van der Waals surface area contributed by atoms with E-state index in [4.69, 9.17) is 10.2 Å². The van der Waals surface area contributed by atoms with Gasteiger partial charge < -0.3 is 10.2 Å². The summed E-state index contributed by atoms with van der Waals surface area (Å²) in [6, 6.07) is 4.28. The molecule has 0 aliphatic rings. The third-order valence-corrected chi connectivity index (χ3v) is 3.41. The molecule has 110 valence electrons. The molecule has 5 nitrogen and oxygen atoms in total. The molecule has 0 aliphatic carbocycles. The van der Waals surface area contributed by atoms with Gasteiger partial charge in [0, 0.05) is 0 Å². The molecule has 0 unspecified atom stereocenters. The summed E-state index contributed by atoms with van der Waals surface area (Å²) in [5.41, 5.74) is 3.42. The maximum Gasteiger partial charge on any atom is 0.320 e. The van der Waals surface area contributed by atoms with Crippen LogP contribution in [0.3, 0.4) is 0 Å². The van der Waals surface area contributed by atoms with Crippen LogP contribution in [-0.2, 0) is 16.0 Å². The summed E-state index contributed by atoms with van der Waals surface area (Å²) in [7, 11) is 0. The summed E-state index contributed by atoms with van der Waals surface area (Å²) in [5, 5.41) is 20.5. The molecule has 0 heterocycles. The van der Waals surface area contributed by atoms with Gasteiger partial charge in [0.05, 0.1) is 0 Å². The Hall–Kier alpha value is -1.88. The number of carbonyl (C=O) groups is 2. The summed E-state index contributed by atoms with van der Waals surface area (Å²) in [4.78, 5) is 21.9. The molecule has 0 radical (unpaired) electrons. The molecule has 0 bridgehead atoms. The molecular weight excluding hydrogens is 258 g/mol. The largest absolute Gasteiger partial charge is 0.480 e. The zero-order chi connectivity index (χ0) is 15.3. The normalized spacial score (nSPS) is 13.8. The van der Waals surface area contributed by atoms with Crippen LogP contribution >= 0.6 is 0 Å². The Bertz CT molecular complexity index is 499. The van der Waals surface area contributed by atoms with Crippen molar-refractivity contribution in [3.63, 3.8) is 0 Å². The van der Waals surface area contributed by atoms with E-state index in [2.05, 4.69) is 5.32 Å². The second-order valence-corrected chi connectivity index (χ2v) is 5.07. The van der Waals surface area contributed by atoms with Gasteiger partial charge in [-0.25, -0.2) is 0 Å². The Kier molecular flexibility index (Phi) is 5.70. The molecule has 1 rings (SSSR count). The van der Waals surface area contributed by atoms with Gasteiger partial charge in [-0.2, -0.15) is 0 Å². The quantitative estimate of drug-likeness (QED) is 0.708. The van der Waals surface area contributed by atoms with Crippen LogP contribution in [0, 0.1) is 13.8 Å². The van der Waals surface area contributed by atoms with E-state index in [0.29, 0.717) is 12.8 Å². The van der Waals surface area contributed by atoms with Crippen molar-refractivity contribution in [3.05, 3.63) is 34.9 Å². The maximum absolute atomic E-state index is 11.1. The topological polar surface area (TPSA) is 86.6 Å². The predicted octanol–water partition coefficient (Wildman–Crippen LogP) is 1.75. The summed E-state index contributed by atoms with van der Waals surface area (Å²) in [5.74, 6) is -2.08. The zero-order valence-electron chi connectivity index (χ0n) is 12.0. The number of hydrogen-bond donors (Lipinski definition) is 3. The lowest BCUT2D eigenvalue weighted by molar-refractivity contribution is -0.142. The van der Waals surface area contributed by atoms with Crippen molar-refractivity contribution in [2.75, 3.05) is 0 Å². The molecule has 0 saturated heterocycles. The summed E-state index contributed by atoms with van der Waals surface area (Å²) in [6.07, 6.45) is 0.951. The highest BCUT2D eigenvalue weighted by Gasteiger charge is 2.22. The molecule has 5 heteroatoms. The number of hydrogen-bond acceptors (Lipinski definition) is 3. The SMILES string of the molecule is Cc1ccc(CC[C@H](N[C@H](C)C(=O)O)C(=O)O)cc1C. The molecule has 1 aromatic carbocycles. The van der Waals surface area contributed by atoms with Crippen molar-refractivity contribution in [1.82, 2.24) is 5.32 Å². The molecule has 3 N–H and O–H groups in total. The number of rotatable bonds is 7. The Balaban J connectivity index is 2.65. The first-order valence-corrected chi connectivity index (χ1v) is 6.59. The van der Waals surface area contributed by atoms with E-state index in [-0.39, 0.29) is 0 Å². The van der Waals surface area contributed by atoms with Crippen molar-refractivity contribution in [2.24, 2.45) is 0 Å². The van der Waals surface area contributed by atoms with Crippen LogP contribution in [0.15, 0.2) is 18.2 Å². The maximum atomic E-state index is 11.1. The number of carboxylic acid groups (broad SMARTS) is 2. The number of carboxylic acids is 2. The van der Waals surface area contributed by atoms with E-state index in [9.17, 15) is 9.59 Å². The van der Waals surface area contributed by atoms with E-state index in [1.165, 1.54) is 18.1 Å². The minimum absolute atomic E-state index is 0.357. The average Bonchev–Trinajstić information content (AvgIpc) is 2.37. The fourth-order valence-corrected chi connectivity index (χ4v) is 1.92. The Morgan fingerprint density at radius 3 is 2.30 bits per heavy atom. The van der Waals surface area contributed by atoms with Crippen LogP contribution in [-0.4, -0.2) is 34.2 Å². The lowest BCUT2D eigenvalue weighted by Crippen LogP contribution is -2.45. The van der Waals surface area contributed by atoms with E-state index in [0.717, 1.165) is 5.56 Å². The highest BCUT2D eigenvalue weighted by atomic mass is 16.4. The van der Waals surface area contributed by atoms with Crippen LogP contribution in [0.5, 0.6) is 0 Å². The number of aryl methyl sites for hydroxylation is 3. The van der Waals surface area contributed by atoms with Crippen LogP contribution in [0.4, 0.5) is 0 Å². The highest BCUT2D eigenvalue weighted by molar-refractivity contribution is 5.77. The van der Waals surface area contributed by atoms with Gasteiger partial charge in [0.25, 0.3) is 0 Å². The fraction of sp³-hybridized carbons (Fsp3) is 0.467. The van der Waals surface area contributed by atoms with Gasteiger partial charge in [-0.1, -0.05) is 18.2 Å². The minimum atomic E-state index is -1.05. The Labute approximate surface area is 118 Å². The lowest BCUT2D eigenvalue weighted by Gasteiger charge is -2.17. The van der Waals surface area contributed by atoms with Crippen molar-refractivity contribution in [3.8, 4) is 0 Å². The lowest BCUT2D eigenvalue weighted by atomic mass is 10.0. The van der Waals surface area contributed by atoms with Gasteiger partial charge >= 0.3 is 11.9 Å². The third-order valence-electron chi connectivity index (χ3n) is 3.41. The first kappa shape index (κ1) is 16.2. The number of benzene rings is 1. The van der Waals surface area contributed by atoms with Gasteiger partial charge in [-0.05, 0) is 50.3 Å². The number of nitrogens with one attached hydrogen (secondary N) is 1. The van der Waals surface area contributed by atoms with Crippen molar-refractivity contribution in [2.45, 2.75) is 45.7 Å². The Morgan fingerprint density at radius 1 is 1.15 bits per heavy atom. The minimum Gasteiger partial charge on any atom is -0.480 e. The van der Waals surface area contributed by atoms with Gasteiger partial charge in [0.15, 0.2) is 0 Å². The van der Waals surface area contributed by atoms with Gasteiger partial charge in [0.2, 0.25) is 0 Å². The summed E-state index contributed by atoms with van der Waals surface area (Å²) >= 11 is 0.